The molecule has 0 saturated carbocycles. The third kappa shape index (κ3) is 5.73. The van der Waals surface area contributed by atoms with E-state index in [9.17, 15) is 18.4 Å². The molecule has 1 aliphatic rings. The van der Waals surface area contributed by atoms with Gasteiger partial charge in [-0.15, -0.1) is 0 Å². The Balaban J connectivity index is 1.72. The number of benzene rings is 1. The lowest BCUT2D eigenvalue weighted by molar-refractivity contribution is -0.129. The zero-order valence-corrected chi connectivity index (χ0v) is 16.3. The van der Waals surface area contributed by atoms with E-state index in [0.29, 0.717) is 13.1 Å². The zero-order valence-electron chi connectivity index (χ0n) is 16.3. The summed E-state index contributed by atoms with van der Waals surface area (Å²) in [5, 5.41) is 3.00. The first kappa shape index (κ1) is 21.3. The summed E-state index contributed by atoms with van der Waals surface area (Å²) in [6.45, 7) is 9.95. The number of carbonyl (C=O) groups is 2. The quantitative estimate of drug-likeness (QED) is 0.716. The number of rotatable bonds is 9. The highest BCUT2D eigenvalue weighted by molar-refractivity contribution is 5.96. The number of hydrogen-bond donors (Lipinski definition) is 1. The molecular formula is C20H29F2N3O2. The summed E-state index contributed by atoms with van der Waals surface area (Å²) in [5.41, 5.74) is 0.0949. The molecule has 1 unspecified atom stereocenters. The fourth-order valence-corrected chi connectivity index (χ4v) is 3.22. The van der Waals surface area contributed by atoms with E-state index in [1.165, 1.54) is 11.0 Å². The lowest BCUT2D eigenvalue weighted by atomic mass is 9.97. The van der Waals surface area contributed by atoms with Crippen molar-refractivity contribution in [3.63, 3.8) is 0 Å². The van der Waals surface area contributed by atoms with Crippen LogP contribution in [0.25, 0.3) is 0 Å². The Hall–Kier alpha value is -2.02. The highest BCUT2D eigenvalue weighted by Gasteiger charge is 2.36. The van der Waals surface area contributed by atoms with Crippen LogP contribution in [0.4, 0.5) is 8.78 Å². The topological polar surface area (TPSA) is 52.7 Å². The van der Waals surface area contributed by atoms with Gasteiger partial charge in [-0.05, 0) is 57.6 Å². The number of nitrogens with zero attached hydrogens (tertiary/aromatic N) is 2. The molecule has 150 valence electrons. The summed E-state index contributed by atoms with van der Waals surface area (Å²) in [4.78, 5) is 28.3. The number of hydrogen-bond acceptors (Lipinski definition) is 3. The van der Waals surface area contributed by atoms with Crippen LogP contribution in [-0.4, -0.2) is 60.4 Å². The van der Waals surface area contributed by atoms with Crippen LogP contribution in [0.1, 0.15) is 44.0 Å². The van der Waals surface area contributed by atoms with Crippen molar-refractivity contribution in [3.8, 4) is 0 Å². The summed E-state index contributed by atoms with van der Waals surface area (Å²) in [6, 6.07) is 3.17. The van der Waals surface area contributed by atoms with Crippen molar-refractivity contribution in [1.29, 1.82) is 0 Å². The fourth-order valence-electron chi connectivity index (χ4n) is 3.22. The molecule has 1 atom stereocenters. The van der Waals surface area contributed by atoms with Crippen LogP contribution in [0.15, 0.2) is 18.2 Å². The zero-order chi connectivity index (χ0) is 20.0. The minimum Gasteiger partial charge on any atom is -0.353 e. The molecule has 0 aliphatic carbocycles. The van der Waals surface area contributed by atoms with Gasteiger partial charge in [0.1, 0.15) is 0 Å². The van der Waals surface area contributed by atoms with Crippen molar-refractivity contribution in [2.45, 2.75) is 39.7 Å². The first-order valence-corrected chi connectivity index (χ1v) is 9.62. The molecular weight excluding hydrogens is 352 g/mol. The molecule has 1 saturated heterocycles. The third-order valence-corrected chi connectivity index (χ3v) is 5.10. The van der Waals surface area contributed by atoms with Gasteiger partial charge in [-0.2, -0.15) is 0 Å². The highest BCUT2D eigenvalue weighted by atomic mass is 19.2. The second-order valence-electron chi connectivity index (χ2n) is 7.11. The third-order valence-electron chi connectivity index (χ3n) is 5.10. The Bertz CT molecular complexity index is 659. The number of halogens is 2. The van der Waals surface area contributed by atoms with Gasteiger partial charge < -0.3 is 15.1 Å². The van der Waals surface area contributed by atoms with E-state index < -0.39 is 11.6 Å². The maximum absolute atomic E-state index is 13.3. The summed E-state index contributed by atoms with van der Waals surface area (Å²) < 4.78 is 26.2. The molecule has 5 nitrogen and oxygen atoms in total. The van der Waals surface area contributed by atoms with Crippen LogP contribution in [0.3, 0.4) is 0 Å². The minimum atomic E-state index is -1.05. The van der Waals surface area contributed by atoms with E-state index in [4.69, 9.17) is 0 Å². The Morgan fingerprint density at radius 3 is 2.48 bits per heavy atom. The number of likely N-dealkylation sites (tertiary alicyclic amines) is 1. The van der Waals surface area contributed by atoms with Crippen molar-refractivity contribution in [1.82, 2.24) is 15.1 Å². The van der Waals surface area contributed by atoms with Crippen LogP contribution in [0, 0.1) is 17.6 Å². The van der Waals surface area contributed by atoms with E-state index in [0.717, 1.165) is 44.6 Å². The van der Waals surface area contributed by atoms with Gasteiger partial charge in [-0.3, -0.25) is 9.59 Å². The predicted molar refractivity (Wildman–Crippen MR) is 100 cm³/mol. The van der Waals surface area contributed by atoms with Gasteiger partial charge in [0, 0.05) is 24.7 Å². The number of carbonyl (C=O) groups excluding carboxylic acids is 2. The van der Waals surface area contributed by atoms with Gasteiger partial charge >= 0.3 is 0 Å². The van der Waals surface area contributed by atoms with E-state index in [1.807, 2.05) is 6.92 Å². The number of nitrogens with one attached hydrogen (secondary N) is 1. The van der Waals surface area contributed by atoms with Gasteiger partial charge in [0.05, 0.1) is 5.92 Å². The second-order valence-corrected chi connectivity index (χ2v) is 7.11. The monoisotopic (exact) mass is 381 g/mol. The molecule has 0 radical (unpaired) electrons. The highest BCUT2D eigenvalue weighted by Crippen LogP contribution is 2.20. The first-order chi connectivity index (χ1) is 12.8. The molecule has 0 bridgehead atoms. The van der Waals surface area contributed by atoms with Crippen molar-refractivity contribution < 1.29 is 18.4 Å². The molecule has 1 fully saturated rings. The van der Waals surface area contributed by atoms with Gasteiger partial charge in [-0.1, -0.05) is 13.8 Å². The normalized spacial score (nSPS) is 15.6. The maximum atomic E-state index is 13.3. The average Bonchev–Trinajstić information content (AvgIpc) is 2.59. The van der Waals surface area contributed by atoms with E-state index in [1.54, 1.807) is 0 Å². The molecule has 0 aromatic heterocycles. The van der Waals surface area contributed by atoms with Gasteiger partial charge in [0.25, 0.3) is 5.91 Å². The second kappa shape index (κ2) is 9.78. The standard InChI is InChI=1S/C20H29F2N3O2/c1-4-24(5-2)10-6-7-14(3)23-19(26)16-12-25(13-16)20(27)15-8-9-17(21)18(22)11-15/h8-9,11,14,16H,4-7,10,12-13H2,1-3H3,(H,23,26). The smallest absolute Gasteiger partial charge is 0.254 e. The summed E-state index contributed by atoms with van der Waals surface area (Å²) in [7, 11) is 0. The van der Waals surface area contributed by atoms with Crippen LogP contribution < -0.4 is 5.32 Å². The van der Waals surface area contributed by atoms with Gasteiger partial charge in [0.2, 0.25) is 5.91 Å². The Kier molecular flexibility index (Phi) is 7.71. The Labute approximate surface area is 159 Å². The van der Waals surface area contributed by atoms with Crippen molar-refractivity contribution >= 4 is 11.8 Å². The molecule has 27 heavy (non-hydrogen) atoms. The number of amides is 2. The van der Waals surface area contributed by atoms with Crippen molar-refractivity contribution in [3.05, 3.63) is 35.4 Å². The van der Waals surface area contributed by atoms with Crippen LogP contribution in [0.2, 0.25) is 0 Å². The Morgan fingerprint density at radius 2 is 1.89 bits per heavy atom. The summed E-state index contributed by atoms with van der Waals surface area (Å²) >= 11 is 0. The molecule has 2 amide bonds. The van der Waals surface area contributed by atoms with E-state index in [-0.39, 0.29) is 29.3 Å². The molecule has 1 aromatic carbocycles. The molecule has 7 heteroatoms. The molecule has 0 spiro atoms. The predicted octanol–water partition coefficient (Wildman–Crippen LogP) is 2.66. The van der Waals surface area contributed by atoms with E-state index in [2.05, 4.69) is 24.1 Å². The SMILES string of the molecule is CCN(CC)CCCC(C)NC(=O)C1CN(C(=O)c2ccc(F)c(F)c2)C1. The molecule has 1 heterocycles. The van der Waals surface area contributed by atoms with Crippen molar-refractivity contribution in [2.75, 3.05) is 32.7 Å². The van der Waals surface area contributed by atoms with Gasteiger partial charge in [-0.25, -0.2) is 8.78 Å². The lowest BCUT2D eigenvalue weighted by Gasteiger charge is -2.38. The molecule has 1 aromatic rings. The van der Waals surface area contributed by atoms with Crippen LogP contribution in [-0.2, 0) is 4.79 Å². The maximum Gasteiger partial charge on any atom is 0.254 e. The average molecular weight is 381 g/mol. The summed E-state index contributed by atoms with van der Waals surface area (Å²) in [6.07, 6.45) is 1.93. The largest absolute Gasteiger partial charge is 0.353 e. The van der Waals surface area contributed by atoms with Crippen molar-refractivity contribution in [2.24, 2.45) is 5.92 Å². The van der Waals surface area contributed by atoms with E-state index >= 15 is 0 Å². The minimum absolute atomic E-state index is 0.0559. The first-order valence-electron chi connectivity index (χ1n) is 9.62. The molecule has 2 rings (SSSR count). The molecule has 1 N–H and O–H groups in total. The summed E-state index contributed by atoms with van der Waals surface area (Å²) in [5.74, 6) is -2.72. The fraction of sp³-hybridized carbons (Fsp3) is 0.600. The Morgan fingerprint density at radius 1 is 1.22 bits per heavy atom. The van der Waals surface area contributed by atoms with Gasteiger partial charge in [0.15, 0.2) is 11.6 Å². The van der Waals surface area contributed by atoms with Crippen LogP contribution >= 0.6 is 0 Å². The molecule has 1 aliphatic heterocycles. The lowest BCUT2D eigenvalue weighted by Crippen LogP contribution is -2.56. The van der Waals surface area contributed by atoms with Crippen LogP contribution in [0.5, 0.6) is 0 Å².